The van der Waals surface area contributed by atoms with Crippen molar-refractivity contribution in [1.82, 2.24) is 14.9 Å². The van der Waals surface area contributed by atoms with E-state index in [1.165, 1.54) is 18.2 Å². The van der Waals surface area contributed by atoms with E-state index in [1.807, 2.05) is 37.3 Å². The van der Waals surface area contributed by atoms with Crippen LogP contribution in [0.1, 0.15) is 18.9 Å². The molecule has 0 saturated carbocycles. The van der Waals surface area contributed by atoms with E-state index in [0.29, 0.717) is 18.9 Å². The number of hydrogen-bond acceptors (Lipinski definition) is 6. The summed E-state index contributed by atoms with van der Waals surface area (Å²) in [4.78, 5) is 15.3. The molecule has 1 aliphatic rings. The Labute approximate surface area is 206 Å². The molecule has 0 bridgehead atoms. The molecule has 2 aromatic rings. The number of ether oxygens (including phenoxy) is 2. The first-order valence-electron chi connectivity index (χ1n) is 11.5. The maximum atomic E-state index is 13.1. The number of nitrogens with zero attached hydrogens (tertiary/aromatic N) is 1. The molecule has 1 fully saturated rings. The number of rotatable bonds is 12. The Morgan fingerprint density at radius 3 is 2.59 bits per heavy atom. The normalized spacial score (nSPS) is 15.6. The second-order valence-electron chi connectivity index (χ2n) is 7.99. The Bertz CT molecular complexity index is 1030. The van der Waals surface area contributed by atoms with Crippen LogP contribution >= 0.6 is 11.6 Å². The van der Waals surface area contributed by atoms with Crippen LogP contribution in [0.2, 0.25) is 5.02 Å². The van der Waals surface area contributed by atoms with Gasteiger partial charge in [-0.2, -0.15) is 4.72 Å². The third-order valence-electron chi connectivity index (χ3n) is 5.46. The lowest BCUT2D eigenvalue weighted by Crippen LogP contribution is -2.48. The Morgan fingerprint density at radius 1 is 1.18 bits per heavy atom. The summed E-state index contributed by atoms with van der Waals surface area (Å²) < 4.78 is 39.5. The van der Waals surface area contributed by atoms with Gasteiger partial charge in [-0.05, 0) is 50.1 Å². The summed E-state index contributed by atoms with van der Waals surface area (Å²) in [5, 5.41) is 3.08. The zero-order valence-corrected chi connectivity index (χ0v) is 20.9. The van der Waals surface area contributed by atoms with Crippen LogP contribution in [0.3, 0.4) is 0 Å². The van der Waals surface area contributed by atoms with Crippen molar-refractivity contribution in [3.63, 3.8) is 0 Å². The Morgan fingerprint density at radius 2 is 1.91 bits per heavy atom. The van der Waals surface area contributed by atoms with Gasteiger partial charge in [-0.1, -0.05) is 41.9 Å². The quantitative estimate of drug-likeness (QED) is 0.427. The first-order chi connectivity index (χ1) is 16.4. The van der Waals surface area contributed by atoms with Crippen LogP contribution in [0.5, 0.6) is 5.75 Å². The third-order valence-corrected chi connectivity index (χ3v) is 7.23. The van der Waals surface area contributed by atoms with Crippen molar-refractivity contribution in [2.45, 2.75) is 30.7 Å². The largest absolute Gasteiger partial charge is 0.492 e. The third kappa shape index (κ3) is 7.95. The van der Waals surface area contributed by atoms with Crippen LogP contribution < -0.4 is 14.8 Å². The molecule has 34 heavy (non-hydrogen) atoms. The predicted octanol–water partition coefficient (Wildman–Crippen LogP) is 2.47. The summed E-state index contributed by atoms with van der Waals surface area (Å²) in [6.07, 6.45) is 0.991. The van der Waals surface area contributed by atoms with Gasteiger partial charge in [0.2, 0.25) is 15.9 Å². The number of benzene rings is 2. The van der Waals surface area contributed by atoms with E-state index in [9.17, 15) is 13.2 Å². The van der Waals surface area contributed by atoms with E-state index in [-0.39, 0.29) is 22.2 Å². The summed E-state index contributed by atoms with van der Waals surface area (Å²) in [5.74, 6) is 0.0356. The predicted molar refractivity (Wildman–Crippen MR) is 132 cm³/mol. The smallest absolute Gasteiger partial charge is 0.241 e. The summed E-state index contributed by atoms with van der Waals surface area (Å²) >= 11 is 6.18. The van der Waals surface area contributed by atoms with Crippen LogP contribution in [0.25, 0.3) is 0 Å². The fourth-order valence-electron chi connectivity index (χ4n) is 3.68. The zero-order chi connectivity index (χ0) is 24.4. The Balaban J connectivity index is 1.66. The van der Waals surface area contributed by atoms with Crippen molar-refractivity contribution < 1.29 is 22.7 Å². The topological polar surface area (TPSA) is 97.0 Å². The summed E-state index contributed by atoms with van der Waals surface area (Å²) in [7, 11) is -4.00. The molecule has 1 amide bonds. The molecule has 1 atom stereocenters. The number of carbonyl (C=O) groups excluding carboxylic acids is 1. The van der Waals surface area contributed by atoms with E-state index in [2.05, 4.69) is 14.9 Å². The molecule has 1 saturated heterocycles. The number of morpholine rings is 1. The maximum Gasteiger partial charge on any atom is 0.241 e. The molecule has 0 radical (unpaired) electrons. The molecule has 1 heterocycles. The van der Waals surface area contributed by atoms with Crippen LogP contribution in [-0.4, -0.2) is 71.3 Å². The molecular formula is C24H32ClN3O5S. The van der Waals surface area contributed by atoms with Crippen LogP contribution in [0.15, 0.2) is 53.4 Å². The summed E-state index contributed by atoms with van der Waals surface area (Å²) in [6, 6.07) is 12.6. The molecule has 0 aliphatic carbocycles. The van der Waals surface area contributed by atoms with E-state index in [4.69, 9.17) is 21.1 Å². The van der Waals surface area contributed by atoms with E-state index in [1.54, 1.807) is 0 Å². The molecule has 0 aromatic heterocycles. The monoisotopic (exact) mass is 509 g/mol. The van der Waals surface area contributed by atoms with Crippen molar-refractivity contribution in [3.05, 3.63) is 59.1 Å². The lowest BCUT2D eigenvalue weighted by molar-refractivity contribution is -0.122. The molecule has 2 aromatic carbocycles. The molecule has 2 N–H and O–H groups in total. The number of halogens is 1. The van der Waals surface area contributed by atoms with Gasteiger partial charge in [0.05, 0.1) is 29.7 Å². The van der Waals surface area contributed by atoms with Gasteiger partial charge in [0.1, 0.15) is 11.8 Å². The van der Waals surface area contributed by atoms with E-state index < -0.39 is 16.1 Å². The highest BCUT2D eigenvalue weighted by atomic mass is 35.5. The lowest BCUT2D eigenvalue weighted by atomic mass is 10.1. The number of hydrogen-bond donors (Lipinski definition) is 2. The molecular weight excluding hydrogens is 478 g/mol. The second kappa shape index (κ2) is 13.1. The lowest BCUT2D eigenvalue weighted by Gasteiger charge is -2.26. The average Bonchev–Trinajstić information content (AvgIpc) is 2.84. The molecule has 1 aliphatic heterocycles. The SMILES string of the molecule is CCOc1ccc(S(=O)(=O)NC(Cc2ccccc2)C(=O)NCCCN2CCOCC2)cc1Cl. The van der Waals surface area contributed by atoms with Gasteiger partial charge < -0.3 is 14.8 Å². The van der Waals surface area contributed by atoms with Crippen LogP contribution in [0.4, 0.5) is 0 Å². The van der Waals surface area contributed by atoms with Crippen molar-refractivity contribution in [1.29, 1.82) is 0 Å². The van der Waals surface area contributed by atoms with Crippen LogP contribution in [0, 0.1) is 0 Å². The zero-order valence-electron chi connectivity index (χ0n) is 19.3. The van der Waals surface area contributed by atoms with Gasteiger partial charge in [-0.3, -0.25) is 9.69 Å². The molecule has 10 heteroatoms. The number of sulfonamides is 1. The molecule has 186 valence electrons. The first kappa shape index (κ1) is 26.4. The second-order valence-corrected chi connectivity index (χ2v) is 10.1. The van der Waals surface area contributed by atoms with Crippen molar-refractivity contribution in [2.24, 2.45) is 0 Å². The molecule has 1 unspecified atom stereocenters. The van der Waals surface area contributed by atoms with E-state index >= 15 is 0 Å². The standard InChI is InChI=1S/C24H32ClN3O5S/c1-2-33-23-10-9-20(18-21(23)25)34(30,31)27-22(17-19-7-4-3-5-8-19)24(29)26-11-6-12-28-13-15-32-16-14-28/h3-5,7-10,18,22,27H,2,6,11-17H2,1H3,(H,26,29). The molecule has 3 rings (SSSR count). The minimum Gasteiger partial charge on any atom is -0.492 e. The van der Waals surface area contributed by atoms with Gasteiger partial charge in [0.25, 0.3) is 0 Å². The number of amides is 1. The van der Waals surface area contributed by atoms with Gasteiger partial charge in [0.15, 0.2) is 0 Å². The van der Waals surface area contributed by atoms with Crippen LogP contribution in [-0.2, 0) is 26.0 Å². The van der Waals surface area contributed by atoms with Gasteiger partial charge in [0, 0.05) is 19.6 Å². The summed E-state index contributed by atoms with van der Waals surface area (Å²) in [6.45, 7) is 6.75. The fraction of sp³-hybridized carbons (Fsp3) is 0.458. The number of carbonyl (C=O) groups is 1. The van der Waals surface area contributed by atoms with Gasteiger partial charge in [-0.15, -0.1) is 0 Å². The highest BCUT2D eigenvalue weighted by Gasteiger charge is 2.26. The Hall–Kier alpha value is -2.17. The maximum absolute atomic E-state index is 13.1. The first-order valence-corrected chi connectivity index (χ1v) is 13.3. The average molecular weight is 510 g/mol. The summed E-state index contributed by atoms with van der Waals surface area (Å²) in [5.41, 5.74) is 0.850. The van der Waals surface area contributed by atoms with Crippen molar-refractivity contribution in [2.75, 3.05) is 46.0 Å². The van der Waals surface area contributed by atoms with Crippen molar-refractivity contribution in [3.8, 4) is 5.75 Å². The number of nitrogens with one attached hydrogen (secondary N) is 2. The minimum absolute atomic E-state index is 0.0286. The molecule has 8 nitrogen and oxygen atoms in total. The molecule has 0 spiro atoms. The Kier molecular flexibility index (Phi) is 10.2. The minimum atomic E-state index is -4.00. The van der Waals surface area contributed by atoms with Gasteiger partial charge >= 0.3 is 0 Å². The van der Waals surface area contributed by atoms with Crippen molar-refractivity contribution >= 4 is 27.5 Å². The van der Waals surface area contributed by atoms with Gasteiger partial charge in [-0.25, -0.2) is 8.42 Å². The highest BCUT2D eigenvalue weighted by molar-refractivity contribution is 7.89. The highest BCUT2D eigenvalue weighted by Crippen LogP contribution is 2.27. The van der Waals surface area contributed by atoms with E-state index in [0.717, 1.165) is 44.8 Å². The fourth-order valence-corrected chi connectivity index (χ4v) is 5.20.